The van der Waals surface area contributed by atoms with Crippen LogP contribution in [0.5, 0.6) is 0 Å². The highest BCUT2D eigenvalue weighted by molar-refractivity contribution is 7.07. The zero-order chi connectivity index (χ0) is 11.6. The van der Waals surface area contributed by atoms with Crippen molar-refractivity contribution in [2.24, 2.45) is 5.73 Å². The summed E-state index contributed by atoms with van der Waals surface area (Å²) in [5.41, 5.74) is 7.76. The second-order valence-corrected chi connectivity index (χ2v) is 6.02. The van der Waals surface area contributed by atoms with E-state index >= 15 is 0 Å². The van der Waals surface area contributed by atoms with Crippen molar-refractivity contribution in [3.63, 3.8) is 0 Å². The summed E-state index contributed by atoms with van der Waals surface area (Å²) >= 11 is 1.73. The summed E-state index contributed by atoms with van der Waals surface area (Å²) in [6, 6.07) is 2.28. The first-order valence-corrected chi connectivity index (χ1v) is 7.09. The Hall–Kier alpha value is -0.380. The Morgan fingerprint density at radius 2 is 2.00 bits per heavy atom. The zero-order valence-corrected chi connectivity index (χ0v) is 11.1. The summed E-state index contributed by atoms with van der Waals surface area (Å²) in [5, 5.41) is 4.29. The number of rotatable bonds is 3. The van der Waals surface area contributed by atoms with E-state index in [1.54, 1.807) is 11.3 Å². The number of hydrogen-bond donors (Lipinski definition) is 1. The second kappa shape index (κ2) is 4.86. The Balaban J connectivity index is 2.10. The van der Waals surface area contributed by atoms with E-state index in [1.165, 1.54) is 37.9 Å². The zero-order valence-electron chi connectivity index (χ0n) is 10.3. The average molecular weight is 238 g/mol. The van der Waals surface area contributed by atoms with Crippen molar-refractivity contribution in [1.29, 1.82) is 0 Å². The maximum absolute atomic E-state index is 6.41. The van der Waals surface area contributed by atoms with E-state index in [9.17, 15) is 0 Å². The molecule has 0 spiro atoms. The topological polar surface area (TPSA) is 29.3 Å². The Morgan fingerprint density at radius 1 is 1.31 bits per heavy atom. The van der Waals surface area contributed by atoms with Crippen LogP contribution >= 0.6 is 11.3 Å². The van der Waals surface area contributed by atoms with Crippen LogP contribution in [0.25, 0.3) is 0 Å². The molecule has 0 bridgehead atoms. The molecule has 0 aliphatic carbocycles. The van der Waals surface area contributed by atoms with E-state index in [0.29, 0.717) is 0 Å². The van der Waals surface area contributed by atoms with Gasteiger partial charge in [0.15, 0.2) is 0 Å². The fourth-order valence-electron chi connectivity index (χ4n) is 2.53. The summed E-state index contributed by atoms with van der Waals surface area (Å²) in [5.74, 6) is 0. The molecule has 2 heterocycles. The molecular formula is C13H22N2S. The minimum Gasteiger partial charge on any atom is -0.322 e. The lowest BCUT2D eigenvalue weighted by atomic mass is 9.87. The maximum Gasteiger partial charge on any atom is 0.0485 e. The third-order valence-corrected chi connectivity index (χ3v) is 4.54. The molecule has 1 aliphatic heterocycles. The highest BCUT2D eigenvalue weighted by Crippen LogP contribution is 2.32. The van der Waals surface area contributed by atoms with Gasteiger partial charge in [0.1, 0.15) is 0 Å². The van der Waals surface area contributed by atoms with Gasteiger partial charge in [-0.2, -0.15) is 11.3 Å². The number of thiophene rings is 1. The SMILES string of the molecule is CC(C)(C(N)c1ccsc1)N1CCCCC1. The van der Waals surface area contributed by atoms with Crippen LogP contribution in [0.4, 0.5) is 0 Å². The molecule has 0 aromatic carbocycles. The first kappa shape index (κ1) is 12.1. The first-order valence-electron chi connectivity index (χ1n) is 6.15. The second-order valence-electron chi connectivity index (χ2n) is 5.24. The van der Waals surface area contributed by atoms with Crippen LogP contribution in [0.15, 0.2) is 16.8 Å². The van der Waals surface area contributed by atoms with E-state index < -0.39 is 0 Å². The van der Waals surface area contributed by atoms with Crippen LogP contribution in [0.2, 0.25) is 0 Å². The van der Waals surface area contributed by atoms with Crippen molar-refractivity contribution in [3.8, 4) is 0 Å². The highest BCUT2D eigenvalue weighted by Gasteiger charge is 2.34. The Labute approximate surface area is 102 Å². The standard InChI is InChI=1S/C13H22N2S/c1-13(2,15-7-4-3-5-8-15)12(14)11-6-9-16-10-11/h6,9-10,12H,3-5,7-8,14H2,1-2H3. The fourth-order valence-corrected chi connectivity index (χ4v) is 3.22. The van der Waals surface area contributed by atoms with Gasteiger partial charge in [-0.3, -0.25) is 4.90 Å². The van der Waals surface area contributed by atoms with Gasteiger partial charge in [0.2, 0.25) is 0 Å². The molecule has 1 aromatic rings. The lowest BCUT2D eigenvalue weighted by Gasteiger charge is -2.44. The van der Waals surface area contributed by atoms with Crippen LogP contribution in [0.3, 0.4) is 0 Å². The van der Waals surface area contributed by atoms with Gasteiger partial charge >= 0.3 is 0 Å². The van der Waals surface area contributed by atoms with Crippen molar-refractivity contribution in [1.82, 2.24) is 4.90 Å². The number of nitrogens with zero attached hydrogens (tertiary/aromatic N) is 1. The normalized spacial score (nSPS) is 20.9. The quantitative estimate of drug-likeness (QED) is 0.877. The van der Waals surface area contributed by atoms with Gasteiger partial charge in [0.05, 0.1) is 0 Å². The number of nitrogens with two attached hydrogens (primary N) is 1. The number of piperidine rings is 1. The molecule has 1 unspecified atom stereocenters. The van der Waals surface area contributed by atoms with Gasteiger partial charge in [-0.25, -0.2) is 0 Å². The van der Waals surface area contributed by atoms with Crippen LogP contribution < -0.4 is 5.73 Å². The Bertz CT molecular complexity index is 313. The number of hydrogen-bond acceptors (Lipinski definition) is 3. The van der Waals surface area contributed by atoms with Gasteiger partial charge in [0, 0.05) is 11.6 Å². The molecule has 1 fully saturated rings. The van der Waals surface area contributed by atoms with Crippen LogP contribution in [0.1, 0.15) is 44.7 Å². The van der Waals surface area contributed by atoms with Crippen molar-refractivity contribution in [2.75, 3.05) is 13.1 Å². The molecule has 0 saturated carbocycles. The molecule has 1 aromatic heterocycles. The molecule has 2 nitrogen and oxygen atoms in total. The lowest BCUT2D eigenvalue weighted by Crippen LogP contribution is -2.52. The minimum absolute atomic E-state index is 0.0709. The Kier molecular flexibility index (Phi) is 3.67. The fraction of sp³-hybridized carbons (Fsp3) is 0.692. The van der Waals surface area contributed by atoms with Crippen molar-refractivity contribution < 1.29 is 0 Å². The summed E-state index contributed by atoms with van der Waals surface area (Å²) in [4.78, 5) is 2.55. The number of likely N-dealkylation sites (tertiary alicyclic amines) is 1. The van der Waals surface area contributed by atoms with Gasteiger partial charge < -0.3 is 5.73 Å². The Morgan fingerprint density at radius 3 is 2.56 bits per heavy atom. The molecule has 2 N–H and O–H groups in total. The first-order chi connectivity index (χ1) is 7.62. The van der Waals surface area contributed by atoms with E-state index in [2.05, 4.69) is 35.6 Å². The summed E-state index contributed by atoms with van der Waals surface area (Å²) in [6.07, 6.45) is 4.01. The van der Waals surface area contributed by atoms with E-state index in [1.807, 2.05) is 0 Å². The van der Waals surface area contributed by atoms with Crippen LogP contribution in [-0.4, -0.2) is 23.5 Å². The lowest BCUT2D eigenvalue weighted by molar-refractivity contribution is 0.0731. The van der Waals surface area contributed by atoms with E-state index in [-0.39, 0.29) is 11.6 Å². The predicted molar refractivity (Wildman–Crippen MR) is 70.8 cm³/mol. The maximum atomic E-state index is 6.41. The average Bonchev–Trinajstić information content (AvgIpc) is 2.82. The molecule has 2 rings (SSSR count). The summed E-state index contributed by atoms with van der Waals surface area (Å²) < 4.78 is 0. The van der Waals surface area contributed by atoms with Gasteiger partial charge in [-0.05, 0) is 62.2 Å². The molecule has 1 aliphatic rings. The minimum atomic E-state index is 0.0709. The molecule has 16 heavy (non-hydrogen) atoms. The third-order valence-electron chi connectivity index (χ3n) is 3.83. The molecule has 1 atom stereocenters. The van der Waals surface area contributed by atoms with Gasteiger partial charge in [-0.15, -0.1) is 0 Å². The van der Waals surface area contributed by atoms with Crippen molar-refractivity contribution in [3.05, 3.63) is 22.4 Å². The molecule has 3 heteroatoms. The van der Waals surface area contributed by atoms with E-state index in [4.69, 9.17) is 5.73 Å². The van der Waals surface area contributed by atoms with Gasteiger partial charge in [-0.1, -0.05) is 6.42 Å². The van der Waals surface area contributed by atoms with Gasteiger partial charge in [0.25, 0.3) is 0 Å². The molecule has 90 valence electrons. The van der Waals surface area contributed by atoms with Crippen LogP contribution in [-0.2, 0) is 0 Å². The predicted octanol–water partition coefficient (Wildman–Crippen LogP) is 3.01. The summed E-state index contributed by atoms with van der Waals surface area (Å²) in [6.45, 7) is 6.96. The molecule has 1 saturated heterocycles. The molecular weight excluding hydrogens is 216 g/mol. The van der Waals surface area contributed by atoms with Crippen LogP contribution in [0, 0.1) is 0 Å². The smallest absolute Gasteiger partial charge is 0.0485 e. The largest absolute Gasteiger partial charge is 0.322 e. The monoisotopic (exact) mass is 238 g/mol. The molecule has 0 radical (unpaired) electrons. The molecule has 0 amide bonds. The third kappa shape index (κ3) is 2.31. The van der Waals surface area contributed by atoms with E-state index in [0.717, 1.165) is 0 Å². The van der Waals surface area contributed by atoms with Crippen molar-refractivity contribution >= 4 is 11.3 Å². The highest BCUT2D eigenvalue weighted by atomic mass is 32.1. The summed E-state index contributed by atoms with van der Waals surface area (Å²) in [7, 11) is 0. The van der Waals surface area contributed by atoms with Crippen molar-refractivity contribution in [2.45, 2.75) is 44.7 Å².